The van der Waals surface area contributed by atoms with Crippen LogP contribution < -0.4 is 0 Å². The summed E-state index contributed by atoms with van der Waals surface area (Å²) in [6.07, 6.45) is 0.0173. The molecule has 0 rings (SSSR count). The fourth-order valence-corrected chi connectivity index (χ4v) is 3.22. The van der Waals surface area contributed by atoms with Gasteiger partial charge in [-0.3, -0.25) is 43.5 Å². The molecule has 0 heterocycles. The van der Waals surface area contributed by atoms with E-state index < -0.39 is 29.7 Å². The first-order valence-electron chi connectivity index (χ1n) is 11.3. The molecule has 0 aromatic rings. The molecule has 9 nitrogen and oxygen atoms in total. The molecular formula is C23H39N3O6. The molecular weight excluding hydrogens is 414 g/mol. The van der Waals surface area contributed by atoms with Gasteiger partial charge in [0.1, 0.15) is 0 Å². The Morgan fingerprint density at radius 1 is 0.688 bits per heavy atom. The van der Waals surface area contributed by atoms with E-state index >= 15 is 0 Å². The summed E-state index contributed by atoms with van der Waals surface area (Å²) in [7, 11) is 1.38. The van der Waals surface area contributed by atoms with E-state index in [1.54, 1.807) is 48.5 Å². The molecule has 0 aliphatic heterocycles. The van der Waals surface area contributed by atoms with Gasteiger partial charge >= 0.3 is 0 Å². The molecule has 0 radical (unpaired) electrons. The predicted octanol–water partition coefficient (Wildman–Crippen LogP) is 2.37. The monoisotopic (exact) mass is 453 g/mol. The topological polar surface area (TPSA) is 112 Å². The first-order chi connectivity index (χ1) is 14.8. The Morgan fingerprint density at radius 2 is 1.19 bits per heavy atom. The first-order valence-corrected chi connectivity index (χ1v) is 11.3. The van der Waals surface area contributed by atoms with E-state index in [0.29, 0.717) is 0 Å². The summed E-state index contributed by atoms with van der Waals surface area (Å²) < 4.78 is 0. The van der Waals surface area contributed by atoms with E-state index in [1.165, 1.54) is 11.9 Å². The molecule has 0 saturated heterocycles. The number of nitrogens with zero attached hydrogens (tertiary/aromatic N) is 3. The Bertz CT molecular complexity index is 717. The Morgan fingerprint density at radius 3 is 1.62 bits per heavy atom. The third-order valence-electron chi connectivity index (χ3n) is 5.20. The minimum Gasteiger partial charge on any atom is -0.286 e. The van der Waals surface area contributed by atoms with Crippen LogP contribution in [0.15, 0.2) is 0 Å². The zero-order chi connectivity index (χ0) is 25.2. The van der Waals surface area contributed by atoms with Crippen LogP contribution in [0.5, 0.6) is 0 Å². The third kappa shape index (κ3) is 8.51. The SMILES string of the molecule is CCC(=O)N(CC)C(=O)C(C)CCC(=O)N(C(=O)CCC(=O)N(C)C(=O)C(C)C)C(C)C. The highest BCUT2D eigenvalue weighted by molar-refractivity contribution is 6.00. The van der Waals surface area contributed by atoms with E-state index in [4.69, 9.17) is 0 Å². The lowest BCUT2D eigenvalue weighted by Gasteiger charge is -2.26. The normalized spacial score (nSPS) is 11.8. The Kier molecular flexibility index (Phi) is 12.6. The number of carbonyl (C=O) groups is 6. The van der Waals surface area contributed by atoms with Crippen LogP contribution >= 0.6 is 0 Å². The number of amides is 6. The molecule has 0 fully saturated rings. The molecule has 0 bridgehead atoms. The number of hydrogen-bond donors (Lipinski definition) is 0. The van der Waals surface area contributed by atoms with Gasteiger partial charge in [0.15, 0.2) is 0 Å². The second kappa shape index (κ2) is 13.8. The minimum absolute atomic E-state index is 0.0334. The highest BCUT2D eigenvalue weighted by atomic mass is 16.2. The molecule has 0 aliphatic rings. The van der Waals surface area contributed by atoms with Crippen LogP contribution in [0.3, 0.4) is 0 Å². The van der Waals surface area contributed by atoms with Crippen LogP contribution in [-0.4, -0.2) is 69.8 Å². The van der Waals surface area contributed by atoms with Gasteiger partial charge < -0.3 is 0 Å². The van der Waals surface area contributed by atoms with Crippen molar-refractivity contribution in [2.45, 2.75) is 86.6 Å². The van der Waals surface area contributed by atoms with Crippen molar-refractivity contribution < 1.29 is 28.8 Å². The third-order valence-corrected chi connectivity index (χ3v) is 5.20. The smallest absolute Gasteiger partial charge is 0.231 e. The number of rotatable bonds is 11. The maximum atomic E-state index is 12.7. The van der Waals surface area contributed by atoms with E-state index in [1.807, 2.05) is 0 Å². The van der Waals surface area contributed by atoms with Crippen molar-refractivity contribution in [3.63, 3.8) is 0 Å². The van der Waals surface area contributed by atoms with Crippen molar-refractivity contribution in [2.24, 2.45) is 11.8 Å². The summed E-state index contributed by atoms with van der Waals surface area (Å²) in [5.74, 6) is -3.23. The van der Waals surface area contributed by atoms with Gasteiger partial charge in [-0.25, -0.2) is 0 Å². The van der Waals surface area contributed by atoms with Crippen LogP contribution in [0, 0.1) is 11.8 Å². The molecule has 0 aromatic heterocycles. The molecule has 6 amide bonds. The summed E-state index contributed by atoms with van der Waals surface area (Å²) in [5, 5.41) is 0. The lowest BCUT2D eigenvalue weighted by molar-refractivity contribution is -0.151. The molecule has 0 aliphatic carbocycles. The van der Waals surface area contributed by atoms with Gasteiger partial charge in [-0.1, -0.05) is 27.7 Å². The van der Waals surface area contributed by atoms with Crippen LogP contribution in [0.4, 0.5) is 0 Å². The maximum absolute atomic E-state index is 12.7. The molecule has 32 heavy (non-hydrogen) atoms. The zero-order valence-electron chi connectivity index (χ0n) is 20.8. The van der Waals surface area contributed by atoms with Gasteiger partial charge in [0.05, 0.1) is 0 Å². The Labute approximate surface area is 191 Å². The second-order valence-electron chi connectivity index (χ2n) is 8.47. The highest BCUT2D eigenvalue weighted by Crippen LogP contribution is 2.15. The summed E-state index contributed by atoms with van der Waals surface area (Å²) in [6.45, 7) is 12.1. The van der Waals surface area contributed by atoms with Crippen molar-refractivity contribution >= 4 is 35.4 Å². The van der Waals surface area contributed by atoms with E-state index in [-0.39, 0.29) is 62.3 Å². The Balaban J connectivity index is 4.99. The largest absolute Gasteiger partial charge is 0.286 e. The van der Waals surface area contributed by atoms with Gasteiger partial charge in [0, 0.05) is 57.2 Å². The van der Waals surface area contributed by atoms with E-state index in [2.05, 4.69) is 0 Å². The van der Waals surface area contributed by atoms with Crippen molar-refractivity contribution in [3.8, 4) is 0 Å². The Hall–Kier alpha value is -2.58. The summed E-state index contributed by atoms with van der Waals surface area (Å²) >= 11 is 0. The quantitative estimate of drug-likeness (QED) is 0.475. The van der Waals surface area contributed by atoms with Gasteiger partial charge in [0.25, 0.3) is 0 Å². The standard InChI is InChI=1S/C23H39N3O6/c1-9-18(27)25(10-2)23(32)17(7)11-12-20(29)26(16(5)6)21(30)14-13-19(28)24(8)22(31)15(3)4/h15-17H,9-14H2,1-8H3. The summed E-state index contributed by atoms with van der Waals surface area (Å²) in [6, 6.07) is -0.417. The molecule has 182 valence electrons. The average molecular weight is 454 g/mol. The maximum Gasteiger partial charge on any atom is 0.231 e. The molecule has 1 atom stereocenters. The molecule has 0 spiro atoms. The summed E-state index contributed by atoms with van der Waals surface area (Å²) in [5.41, 5.74) is 0. The molecule has 0 saturated carbocycles. The lowest BCUT2D eigenvalue weighted by Crippen LogP contribution is -2.43. The second-order valence-corrected chi connectivity index (χ2v) is 8.47. The van der Waals surface area contributed by atoms with Crippen LogP contribution in [0.2, 0.25) is 0 Å². The van der Waals surface area contributed by atoms with Gasteiger partial charge in [-0.05, 0) is 27.2 Å². The van der Waals surface area contributed by atoms with Crippen molar-refractivity contribution in [1.82, 2.24) is 14.7 Å². The van der Waals surface area contributed by atoms with Crippen molar-refractivity contribution in [2.75, 3.05) is 13.6 Å². The first kappa shape index (κ1) is 29.4. The molecule has 0 N–H and O–H groups in total. The van der Waals surface area contributed by atoms with Gasteiger partial charge in [-0.15, -0.1) is 0 Å². The average Bonchev–Trinajstić information content (AvgIpc) is 2.74. The predicted molar refractivity (Wildman–Crippen MR) is 120 cm³/mol. The number of imide groups is 3. The van der Waals surface area contributed by atoms with Crippen LogP contribution in [0.1, 0.15) is 80.6 Å². The van der Waals surface area contributed by atoms with Crippen molar-refractivity contribution in [3.05, 3.63) is 0 Å². The van der Waals surface area contributed by atoms with Crippen LogP contribution in [0.25, 0.3) is 0 Å². The van der Waals surface area contributed by atoms with Crippen LogP contribution in [-0.2, 0) is 28.8 Å². The fraction of sp³-hybridized carbons (Fsp3) is 0.739. The summed E-state index contributed by atoms with van der Waals surface area (Å²) in [4.78, 5) is 77.2. The van der Waals surface area contributed by atoms with Gasteiger partial charge in [0.2, 0.25) is 35.4 Å². The minimum atomic E-state index is -0.546. The fourth-order valence-electron chi connectivity index (χ4n) is 3.22. The zero-order valence-corrected chi connectivity index (χ0v) is 20.8. The number of hydrogen-bond acceptors (Lipinski definition) is 6. The van der Waals surface area contributed by atoms with E-state index in [9.17, 15) is 28.8 Å². The molecule has 1 unspecified atom stereocenters. The highest BCUT2D eigenvalue weighted by Gasteiger charge is 2.29. The van der Waals surface area contributed by atoms with E-state index in [0.717, 1.165) is 9.80 Å². The molecule has 9 heteroatoms. The molecule has 0 aromatic carbocycles. The lowest BCUT2D eigenvalue weighted by atomic mass is 10.0. The van der Waals surface area contributed by atoms with Gasteiger partial charge in [-0.2, -0.15) is 0 Å². The number of carbonyl (C=O) groups excluding carboxylic acids is 6. The van der Waals surface area contributed by atoms with Crippen molar-refractivity contribution in [1.29, 1.82) is 0 Å².